The van der Waals surface area contributed by atoms with Crippen LogP contribution in [0.15, 0.2) is 65.6 Å². The van der Waals surface area contributed by atoms with Crippen molar-refractivity contribution in [2.45, 2.75) is 49.1 Å². The maximum atomic E-state index is 13.8. The Morgan fingerprint density at radius 2 is 1.68 bits per heavy atom. The first-order chi connectivity index (χ1) is 21.0. The average molecular weight is 667 g/mol. The van der Waals surface area contributed by atoms with Gasteiger partial charge >= 0.3 is 11.9 Å². The normalized spacial score (nSPS) is 16.1. The number of nitrogens with zero attached hydrogens (tertiary/aromatic N) is 1. The Labute approximate surface area is 266 Å². The van der Waals surface area contributed by atoms with E-state index in [1.807, 2.05) is 12.1 Å². The number of carbonyl (C=O) groups excluding carboxylic acids is 1. The van der Waals surface area contributed by atoms with Crippen molar-refractivity contribution >= 4 is 45.2 Å². The largest absolute Gasteiger partial charge is 0.493 e. The van der Waals surface area contributed by atoms with Crippen molar-refractivity contribution in [2.24, 2.45) is 0 Å². The summed E-state index contributed by atoms with van der Waals surface area (Å²) in [6.07, 6.45) is 1.39. The first kappa shape index (κ1) is 33.4. The molecule has 1 unspecified atom stereocenters. The zero-order valence-corrected chi connectivity index (χ0v) is 26.5. The third-order valence-corrected chi connectivity index (χ3v) is 10.1. The van der Waals surface area contributed by atoms with E-state index >= 15 is 0 Å². The summed E-state index contributed by atoms with van der Waals surface area (Å²) in [6, 6.07) is 15.4. The highest BCUT2D eigenvalue weighted by Crippen LogP contribution is 2.36. The van der Waals surface area contributed by atoms with Crippen LogP contribution in [0.25, 0.3) is 0 Å². The van der Waals surface area contributed by atoms with Crippen LogP contribution in [0.5, 0.6) is 17.2 Å². The minimum Gasteiger partial charge on any atom is -0.493 e. The highest BCUT2D eigenvalue weighted by Gasteiger charge is 2.41. The van der Waals surface area contributed by atoms with E-state index in [0.29, 0.717) is 42.7 Å². The van der Waals surface area contributed by atoms with Crippen molar-refractivity contribution < 1.29 is 42.1 Å². The summed E-state index contributed by atoms with van der Waals surface area (Å²) in [5.74, 6) is -0.453. The molecule has 1 heterocycles. The van der Waals surface area contributed by atoms with Crippen LogP contribution in [-0.4, -0.2) is 63.2 Å². The number of carboxylic acid groups (broad SMARTS) is 1. The molecule has 1 N–H and O–H groups in total. The van der Waals surface area contributed by atoms with Crippen molar-refractivity contribution in [2.75, 3.05) is 27.4 Å². The van der Waals surface area contributed by atoms with Crippen LogP contribution in [0.2, 0.25) is 10.0 Å². The van der Waals surface area contributed by atoms with E-state index in [-0.39, 0.29) is 33.7 Å². The first-order valence-corrected chi connectivity index (χ1v) is 16.1. The molecule has 2 atom stereocenters. The number of methoxy groups -OCH3 is 2. The van der Waals surface area contributed by atoms with E-state index < -0.39 is 40.7 Å². The first-order valence-electron chi connectivity index (χ1n) is 13.9. The van der Waals surface area contributed by atoms with Gasteiger partial charge in [0, 0.05) is 6.54 Å². The van der Waals surface area contributed by atoms with E-state index in [1.165, 1.54) is 19.2 Å². The summed E-state index contributed by atoms with van der Waals surface area (Å²) in [5.41, 5.74) is 1.44. The van der Waals surface area contributed by atoms with Gasteiger partial charge in [-0.1, -0.05) is 47.5 Å². The minimum absolute atomic E-state index is 0.0406. The summed E-state index contributed by atoms with van der Waals surface area (Å²) in [7, 11) is -1.16. The number of aliphatic carboxylic acids is 1. The summed E-state index contributed by atoms with van der Waals surface area (Å²) in [5, 5.41) is 8.95. The lowest BCUT2D eigenvalue weighted by atomic mass is 10.00. The lowest BCUT2D eigenvalue weighted by Gasteiger charge is -2.34. The summed E-state index contributed by atoms with van der Waals surface area (Å²) in [4.78, 5) is 24.6. The smallest absolute Gasteiger partial charge is 0.341 e. The second kappa shape index (κ2) is 15.0. The van der Waals surface area contributed by atoms with Gasteiger partial charge in [0.2, 0.25) is 10.0 Å². The van der Waals surface area contributed by atoms with Gasteiger partial charge in [0.15, 0.2) is 18.1 Å². The van der Waals surface area contributed by atoms with E-state index in [9.17, 15) is 18.0 Å². The van der Waals surface area contributed by atoms with Gasteiger partial charge in [-0.05, 0) is 79.6 Å². The molecule has 4 rings (SSSR count). The molecular weight excluding hydrogens is 633 g/mol. The number of piperidine rings is 1. The number of aryl methyl sites for hydroxylation is 1. The van der Waals surface area contributed by atoms with Crippen molar-refractivity contribution in [3.63, 3.8) is 0 Å². The fraction of sp³-hybridized carbons (Fsp3) is 0.355. The number of hydrogen-bond donors (Lipinski definition) is 1. The zero-order chi connectivity index (χ0) is 31.9. The number of esters is 1. The zero-order valence-electron chi connectivity index (χ0n) is 24.2. The molecule has 3 aromatic carbocycles. The molecular formula is C31H33Cl2NO9S. The van der Waals surface area contributed by atoms with E-state index in [1.54, 1.807) is 43.5 Å². The number of carbonyl (C=O) groups is 2. The van der Waals surface area contributed by atoms with Crippen LogP contribution >= 0.6 is 23.2 Å². The lowest BCUT2D eigenvalue weighted by Crippen LogP contribution is -2.48. The Bertz CT molecular complexity index is 1580. The highest BCUT2D eigenvalue weighted by molar-refractivity contribution is 7.89. The maximum absolute atomic E-state index is 13.8. The number of hydrogen-bond acceptors (Lipinski definition) is 8. The van der Waals surface area contributed by atoms with Crippen LogP contribution in [0.1, 0.15) is 42.9 Å². The Kier molecular flexibility index (Phi) is 11.4. The minimum atomic E-state index is -4.24. The van der Waals surface area contributed by atoms with Gasteiger partial charge in [0.25, 0.3) is 0 Å². The van der Waals surface area contributed by atoms with Crippen LogP contribution in [0.3, 0.4) is 0 Å². The number of rotatable bonds is 13. The average Bonchev–Trinajstić information content (AvgIpc) is 3.01. The van der Waals surface area contributed by atoms with Crippen LogP contribution in [0.4, 0.5) is 0 Å². The molecule has 0 spiro atoms. The topological polar surface area (TPSA) is 129 Å². The molecule has 0 radical (unpaired) electrons. The van der Waals surface area contributed by atoms with E-state index in [2.05, 4.69) is 0 Å². The van der Waals surface area contributed by atoms with E-state index in [0.717, 1.165) is 9.87 Å². The molecule has 1 saturated heterocycles. The second-order valence-corrected chi connectivity index (χ2v) is 12.7. The van der Waals surface area contributed by atoms with Crippen molar-refractivity contribution in [1.29, 1.82) is 0 Å². The van der Waals surface area contributed by atoms with Crippen molar-refractivity contribution in [3.05, 3.63) is 81.8 Å². The standard InChI is InChI=1S/C31H33Cl2NO9S/c1-40-27-15-13-20(17-28(27)41-2)12-14-26(21-7-5-8-22(18-21)42-19-29(35)36)43-31(37)25-11-3-4-16-34(25)44(38,39)30-23(32)9-6-10-24(30)33/h5-10,13,15,17-18,25-26H,3-4,11-12,14,16,19H2,1-2H3,(H,35,36)/t25?,26-/m1/s1. The molecule has 0 amide bonds. The van der Waals surface area contributed by atoms with Crippen LogP contribution < -0.4 is 14.2 Å². The molecule has 0 bridgehead atoms. The van der Waals surface area contributed by atoms with Crippen molar-refractivity contribution in [3.8, 4) is 17.2 Å². The highest BCUT2D eigenvalue weighted by atomic mass is 35.5. The molecule has 13 heteroatoms. The van der Waals surface area contributed by atoms with Crippen LogP contribution in [0, 0.1) is 0 Å². The molecule has 44 heavy (non-hydrogen) atoms. The Balaban J connectivity index is 1.63. The monoisotopic (exact) mass is 665 g/mol. The Hall–Kier alpha value is -3.51. The molecule has 3 aromatic rings. The Morgan fingerprint density at radius 1 is 0.977 bits per heavy atom. The van der Waals surface area contributed by atoms with Gasteiger partial charge < -0.3 is 24.1 Å². The second-order valence-electron chi connectivity index (χ2n) is 10.1. The molecule has 1 aliphatic heterocycles. The van der Waals surface area contributed by atoms with Gasteiger partial charge in [0.05, 0.1) is 24.3 Å². The molecule has 236 valence electrons. The third-order valence-electron chi connectivity index (χ3n) is 7.21. The van der Waals surface area contributed by atoms with Crippen molar-refractivity contribution in [1.82, 2.24) is 4.31 Å². The molecule has 0 aliphatic carbocycles. The number of halogens is 2. The fourth-order valence-corrected chi connectivity index (χ4v) is 7.81. The predicted molar refractivity (Wildman–Crippen MR) is 164 cm³/mol. The number of sulfonamides is 1. The molecule has 1 aliphatic rings. The van der Waals surface area contributed by atoms with Crippen LogP contribution in [-0.2, 0) is 30.8 Å². The molecule has 0 saturated carbocycles. The van der Waals surface area contributed by atoms with Gasteiger partial charge in [0.1, 0.15) is 22.8 Å². The SMILES string of the molecule is COc1ccc(CC[C@@H](OC(=O)C2CCCCN2S(=O)(=O)c2c(Cl)cccc2Cl)c2cccc(OCC(=O)O)c2)cc1OC. The van der Waals surface area contributed by atoms with Gasteiger partial charge in [-0.2, -0.15) is 4.31 Å². The Morgan fingerprint density at radius 3 is 2.36 bits per heavy atom. The fourth-order valence-electron chi connectivity index (χ4n) is 5.07. The number of benzene rings is 3. The lowest BCUT2D eigenvalue weighted by molar-refractivity contribution is -0.155. The van der Waals surface area contributed by atoms with Gasteiger partial charge in [-0.3, -0.25) is 4.79 Å². The summed E-state index contributed by atoms with van der Waals surface area (Å²) in [6.45, 7) is -0.447. The molecule has 0 aromatic heterocycles. The number of carboxylic acids is 1. The van der Waals surface area contributed by atoms with E-state index in [4.69, 9.17) is 47.3 Å². The summed E-state index contributed by atoms with van der Waals surface area (Å²) >= 11 is 12.5. The predicted octanol–water partition coefficient (Wildman–Crippen LogP) is 5.93. The number of ether oxygens (including phenoxy) is 4. The van der Waals surface area contributed by atoms with Gasteiger partial charge in [-0.25, -0.2) is 13.2 Å². The summed E-state index contributed by atoms with van der Waals surface area (Å²) < 4.78 is 50.8. The quantitative estimate of drug-likeness (QED) is 0.221. The molecule has 10 nitrogen and oxygen atoms in total. The van der Waals surface area contributed by atoms with Gasteiger partial charge in [-0.15, -0.1) is 0 Å². The molecule has 1 fully saturated rings. The maximum Gasteiger partial charge on any atom is 0.341 e. The third kappa shape index (κ3) is 7.95.